The first-order valence-corrected chi connectivity index (χ1v) is 34.5. The first kappa shape index (κ1) is 78.6. The molecule has 10 heteroatoms. The van der Waals surface area contributed by atoms with Crippen LogP contribution in [0.1, 0.15) is 258 Å². The number of allylic oxidation sites excluding steroid dienone is 26. The molecule has 0 rings (SSSR count). The van der Waals surface area contributed by atoms with Crippen LogP contribution in [-0.4, -0.2) is 49.3 Å². The molecule has 0 aliphatic heterocycles. The SMILES string of the molecule is CC/C=C\C/C=C\C/C=C\C/C=C\C/C=C\C/C=C\C/C=C\C/C=C\CCCCCCCCCCCCCCCCCCC(=O)OC(COC(=O)CCCCCCC/C=C\C/C=C\C/C=C\C/C=C\C/C=C\CC)COP(=O)(O)OCCN. The third-order valence-electron chi connectivity index (χ3n) is 13.4. The second-order valence-electron chi connectivity index (χ2n) is 21.2. The van der Waals surface area contributed by atoms with Gasteiger partial charge in [-0.3, -0.25) is 18.6 Å². The smallest absolute Gasteiger partial charge is 0.462 e. The van der Waals surface area contributed by atoms with Crippen molar-refractivity contribution in [2.75, 3.05) is 26.4 Å². The molecule has 0 aromatic rings. The van der Waals surface area contributed by atoms with E-state index in [0.717, 1.165) is 135 Å². The van der Waals surface area contributed by atoms with Gasteiger partial charge < -0.3 is 20.1 Å². The summed E-state index contributed by atoms with van der Waals surface area (Å²) in [4.78, 5) is 35.3. The van der Waals surface area contributed by atoms with Gasteiger partial charge in [0.1, 0.15) is 6.61 Å². The van der Waals surface area contributed by atoms with Crippen molar-refractivity contribution in [3.63, 3.8) is 0 Å². The van der Waals surface area contributed by atoms with Crippen LogP contribution in [0.2, 0.25) is 0 Å². The Hall–Kier alpha value is -4.37. The molecule has 0 aliphatic carbocycles. The largest absolute Gasteiger partial charge is 0.472 e. The number of nitrogens with two attached hydrogens (primary N) is 1. The van der Waals surface area contributed by atoms with Crippen molar-refractivity contribution in [3.05, 3.63) is 158 Å². The minimum Gasteiger partial charge on any atom is -0.462 e. The first-order valence-electron chi connectivity index (χ1n) is 33.0. The molecule has 0 heterocycles. The molecule has 0 aromatic carbocycles. The highest BCUT2D eigenvalue weighted by Gasteiger charge is 2.26. The molecule has 2 unspecified atom stereocenters. The highest BCUT2D eigenvalue weighted by Crippen LogP contribution is 2.43. The third-order valence-corrected chi connectivity index (χ3v) is 14.4. The highest BCUT2D eigenvalue weighted by atomic mass is 31.2. The normalized spacial score (nSPS) is 14.0. The van der Waals surface area contributed by atoms with E-state index < -0.39 is 32.5 Å². The van der Waals surface area contributed by atoms with E-state index in [1.807, 2.05) is 0 Å². The monoisotopic (exact) mass is 1170 g/mol. The summed E-state index contributed by atoms with van der Waals surface area (Å²) in [5, 5.41) is 0. The Balaban J connectivity index is 3.92. The highest BCUT2D eigenvalue weighted by molar-refractivity contribution is 7.47. The zero-order chi connectivity index (χ0) is 60.1. The Bertz CT molecular complexity index is 1920. The van der Waals surface area contributed by atoms with Crippen molar-refractivity contribution in [1.29, 1.82) is 0 Å². The van der Waals surface area contributed by atoms with Gasteiger partial charge in [-0.2, -0.15) is 0 Å². The van der Waals surface area contributed by atoms with Gasteiger partial charge in [-0.05, 0) is 122 Å². The van der Waals surface area contributed by atoms with Crippen molar-refractivity contribution in [3.8, 4) is 0 Å². The average Bonchev–Trinajstić information content (AvgIpc) is 3.49. The Labute approximate surface area is 509 Å². The van der Waals surface area contributed by atoms with E-state index in [-0.39, 0.29) is 32.6 Å². The van der Waals surface area contributed by atoms with Crippen LogP contribution in [0.25, 0.3) is 0 Å². The van der Waals surface area contributed by atoms with E-state index in [4.69, 9.17) is 24.3 Å². The molecule has 0 spiro atoms. The van der Waals surface area contributed by atoms with Gasteiger partial charge in [-0.15, -0.1) is 0 Å². The quantitative estimate of drug-likeness (QED) is 0.0264. The maximum absolute atomic E-state index is 12.7. The average molecular weight is 1170 g/mol. The van der Waals surface area contributed by atoms with Crippen molar-refractivity contribution in [2.45, 2.75) is 264 Å². The van der Waals surface area contributed by atoms with E-state index in [2.05, 4.69) is 172 Å². The summed E-state index contributed by atoms with van der Waals surface area (Å²) in [6.07, 6.45) is 97.5. The van der Waals surface area contributed by atoms with Crippen LogP contribution in [-0.2, 0) is 32.7 Å². The van der Waals surface area contributed by atoms with Crippen molar-refractivity contribution < 1.29 is 37.6 Å². The molecule has 2 atom stereocenters. The molecule has 0 aromatic heterocycles. The van der Waals surface area contributed by atoms with Crippen LogP contribution in [0.15, 0.2) is 158 Å². The maximum Gasteiger partial charge on any atom is 0.472 e. The second kappa shape index (κ2) is 66.8. The van der Waals surface area contributed by atoms with E-state index >= 15 is 0 Å². The summed E-state index contributed by atoms with van der Waals surface area (Å²) in [5.41, 5.74) is 5.39. The zero-order valence-electron chi connectivity index (χ0n) is 52.6. The van der Waals surface area contributed by atoms with E-state index in [9.17, 15) is 19.0 Å². The summed E-state index contributed by atoms with van der Waals surface area (Å²) >= 11 is 0. The number of carbonyl (C=O) groups excluding carboxylic acids is 2. The number of esters is 2. The van der Waals surface area contributed by atoms with Gasteiger partial charge in [0.15, 0.2) is 6.10 Å². The number of phosphoric acid groups is 1. The lowest BCUT2D eigenvalue weighted by atomic mass is 10.0. The van der Waals surface area contributed by atoms with Crippen LogP contribution in [0.4, 0.5) is 0 Å². The molecule has 0 amide bonds. The molecular formula is C73H120NO8P. The predicted molar refractivity (Wildman–Crippen MR) is 357 cm³/mol. The second-order valence-corrected chi connectivity index (χ2v) is 22.7. The topological polar surface area (TPSA) is 134 Å². The van der Waals surface area contributed by atoms with Crippen LogP contribution in [0, 0.1) is 0 Å². The standard InChI is InChI=1S/C73H120NO8P/c1-3-5-7-9-11-13-15-17-19-21-23-25-26-27-28-29-30-31-32-33-34-35-36-37-38-39-40-41-42-43-44-46-48-50-52-54-56-58-60-62-64-66-73(76)82-71(70-81-83(77,78)80-68-67-74)69-79-72(75)65-63-61-59-57-55-53-51-49-47-45-24-22-20-18-16-14-12-10-8-6-4-2/h5-8,11-14,17-20,23-25,27-28,30-31,33-34,36-37,45,49,51,71H,3-4,9-10,15-16,21-22,26,29,32,35,38-44,46-48,50,52-70,74H2,1-2H3,(H,77,78)/b7-5-,8-6-,13-11-,14-12-,19-17-,20-18-,25-23-,28-27-,31-30-,34-33-,37-36-,45-24-,51-49-. The maximum atomic E-state index is 12.7. The van der Waals surface area contributed by atoms with Crippen molar-refractivity contribution in [1.82, 2.24) is 0 Å². The van der Waals surface area contributed by atoms with Gasteiger partial charge >= 0.3 is 19.8 Å². The van der Waals surface area contributed by atoms with Crippen LogP contribution in [0.3, 0.4) is 0 Å². The molecule has 9 nitrogen and oxygen atoms in total. The lowest BCUT2D eigenvalue weighted by Gasteiger charge is -2.19. The number of phosphoric ester groups is 1. The van der Waals surface area contributed by atoms with Crippen LogP contribution >= 0.6 is 7.82 Å². The first-order chi connectivity index (χ1) is 40.8. The van der Waals surface area contributed by atoms with Gasteiger partial charge in [-0.25, -0.2) is 4.57 Å². The molecule has 3 N–H and O–H groups in total. The molecule has 0 aliphatic rings. The van der Waals surface area contributed by atoms with Crippen molar-refractivity contribution >= 4 is 19.8 Å². The van der Waals surface area contributed by atoms with Gasteiger partial charge in [0.25, 0.3) is 0 Å². The Kier molecular flexibility index (Phi) is 63.3. The van der Waals surface area contributed by atoms with E-state index in [0.29, 0.717) is 12.8 Å². The number of rotatable bonds is 60. The third kappa shape index (κ3) is 66.6. The molecule has 0 bridgehead atoms. The minimum absolute atomic E-state index is 0.0439. The van der Waals surface area contributed by atoms with Gasteiger partial charge in [-0.1, -0.05) is 281 Å². The molecule has 0 saturated carbocycles. The fourth-order valence-electron chi connectivity index (χ4n) is 8.62. The molecular weight excluding hydrogens is 1050 g/mol. The van der Waals surface area contributed by atoms with Gasteiger partial charge in [0.05, 0.1) is 13.2 Å². The summed E-state index contributed by atoms with van der Waals surface area (Å²) in [6.45, 7) is 3.49. The van der Waals surface area contributed by atoms with E-state index in [1.165, 1.54) is 83.5 Å². The van der Waals surface area contributed by atoms with Crippen molar-refractivity contribution in [2.24, 2.45) is 5.73 Å². The number of hydrogen-bond acceptors (Lipinski definition) is 8. The number of carbonyl (C=O) groups is 2. The van der Waals surface area contributed by atoms with E-state index in [1.54, 1.807) is 0 Å². The summed E-state index contributed by atoms with van der Waals surface area (Å²) in [5.74, 6) is -0.854. The molecule has 0 fully saturated rings. The molecule has 0 saturated heterocycles. The summed E-state index contributed by atoms with van der Waals surface area (Å²) in [7, 11) is -4.40. The molecule has 83 heavy (non-hydrogen) atoms. The summed E-state index contributed by atoms with van der Waals surface area (Å²) < 4.78 is 33.1. The fraction of sp³-hybridized carbons (Fsp3) is 0.616. The Morgan fingerprint density at radius 2 is 0.627 bits per heavy atom. The predicted octanol–water partition coefficient (Wildman–Crippen LogP) is 21.6. The molecule has 0 radical (unpaired) electrons. The minimum atomic E-state index is -4.40. The summed E-state index contributed by atoms with van der Waals surface area (Å²) in [6, 6.07) is 0. The molecule has 470 valence electrons. The lowest BCUT2D eigenvalue weighted by Crippen LogP contribution is -2.29. The van der Waals surface area contributed by atoms with Crippen LogP contribution in [0.5, 0.6) is 0 Å². The Morgan fingerprint density at radius 3 is 0.928 bits per heavy atom. The lowest BCUT2D eigenvalue weighted by molar-refractivity contribution is -0.161. The number of hydrogen-bond donors (Lipinski definition) is 2. The van der Waals surface area contributed by atoms with Crippen LogP contribution < -0.4 is 5.73 Å². The number of unbranched alkanes of at least 4 members (excludes halogenated alkanes) is 21. The van der Waals surface area contributed by atoms with Gasteiger partial charge in [0.2, 0.25) is 0 Å². The Morgan fingerprint density at radius 1 is 0.361 bits per heavy atom. The van der Waals surface area contributed by atoms with Gasteiger partial charge in [0, 0.05) is 19.4 Å². The zero-order valence-corrected chi connectivity index (χ0v) is 53.5. The fourth-order valence-corrected chi connectivity index (χ4v) is 9.39. The number of ether oxygens (including phenoxy) is 2.